The molecule has 6 nitrogen and oxygen atoms in total. The van der Waals surface area contributed by atoms with Crippen LogP contribution in [0.4, 0.5) is 0 Å². The van der Waals surface area contributed by atoms with E-state index in [0.29, 0.717) is 16.7 Å². The molecule has 0 saturated carbocycles. The standard InChI is InChI=1S/C18H18ClN5O/c19-13-3-5-15(6-4-13)25-18-10-20-9-16(23-18)17-2-1-7-24(17)11-14-8-21-12-22-14/h3-6,8-10,12,17H,1-2,7,11H2,(H,21,22). The molecule has 1 aromatic carbocycles. The number of rotatable bonds is 5. The fraction of sp³-hybridized carbons (Fsp3) is 0.278. The zero-order chi connectivity index (χ0) is 17.1. The predicted molar refractivity (Wildman–Crippen MR) is 94.5 cm³/mol. The van der Waals surface area contributed by atoms with E-state index in [0.717, 1.165) is 37.3 Å². The Morgan fingerprint density at radius 2 is 2.04 bits per heavy atom. The van der Waals surface area contributed by atoms with Gasteiger partial charge in [0.1, 0.15) is 5.75 Å². The number of hydrogen-bond acceptors (Lipinski definition) is 5. The van der Waals surface area contributed by atoms with Crippen LogP contribution in [0.2, 0.25) is 5.02 Å². The number of imidazole rings is 1. The van der Waals surface area contributed by atoms with Crippen LogP contribution >= 0.6 is 11.6 Å². The number of likely N-dealkylation sites (tertiary alicyclic amines) is 1. The van der Waals surface area contributed by atoms with Crippen molar-refractivity contribution in [1.82, 2.24) is 24.8 Å². The summed E-state index contributed by atoms with van der Waals surface area (Å²) >= 11 is 5.90. The summed E-state index contributed by atoms with van der Waals surface area (Å²) in [6.07, 6.45) is 9.23. The topological polar surface area (TPSA) is 66.9 Å². The van der Waals surface area contributed by atoms with Crippen LogP contribution in [0.15, 0.2) is 49.2 Å². The average molecular weight is 356 g/mol. The third-order valence-corrected chi connectivity index (χ3v) is 4.55. The van der Waals surface area contributed by atoms with Crippen LogP contribution < -0.4 is 4.74 Å². The summed E-state index contributed by atoms with van der Waals surface area (Å²) in [6, 6.07) is 7.45. The minimum absolute atomic E-state index is 0.240. The zero-order valence-electron chi connectivity index (χ0n) is 13.6. The highest BCUT2D eigenvalue weighted by Crippen LogP contribution is 2.32. The van der Waals surface area contributed by atoms with Gasteiger partial charge < -0.3 is 9.72 Å². The Hall–Kier alpha value is -2.44. The lowest BCUT2D eigenvalue weighted by Crippen LogP contribution is -2.23. The van der Waals surface area contributed by atoms with E-state index >= 15 is 0 Å². The molecule has 7 heteroatoms. The van der Waals surface area contributed by atoms with E-state index in [2.05, 4.69) is 24.8 Å². The fourth-order valence-corrected chi connectivity index (χ4v) is 3.26. The minimum Gasteiger partial charge on any atom is -0.437 e. The number of aromatic nitrogens is 4. The highest BCUT2D eigenvalue weighted by molar-refractivity contribution is 6.30. The molecule has 2 aromatic heterocycles. The maximum atomic E-state index is 5.90. The van der Waals surface area contributed by atoms with Crippen molar-refractivity contribution in [3.05, 3.63) is 65.6 Å². The first-order valence-electron chi connectivity index (χ1n) is 8.24. The Morgan fingerprint density at radius 3 is 2.84 bits per heavy atom. The third-order valence-electron chi connectivity index (χ3n) is 4.30. The summed E-state index contributed by atoms with van der Waals surface area (Å²) in [7, 11) is 0. The highest BCUT2D eigenvalue weighted by atomic mass is 35.5. The van der Waals surface area contributed by atoms with Crippen molar-refractivity contribution in [3.63, 3.8) is 0 Å². The molecule has 1 N–H and O–H groups in total. The number of nitrogens with one attached hydrogen (secondary N) is 1. The van der Waals surface area contributed by atoms with Gasteiger partial charge in [0.05, 0.1) is 30.5 Å². The first kappa shape index (κ1) is 16.1. The molecule has 0 spiro atoms. The van der Waals surface area contributed by atoms with Gasteiger partial charge in [-0.15, -0.1) is 0 Å². The van der Waals surface area contributed by atoms with Gasteiger partial charge >= 0.3 is 0 Å². The molecular weight excluding hydrogens is 338 g/mol. The third kappa shape index (κ3) is 3.81. The van der Waals surface area contributed by atoms with Crippen LogP contribution in [0.5, 0.6) is 11.6 Å². The van der Waals surface area contributed by atoms with Gasteiger partial charge in [0.2, 0.25) is 5.88 Å². The van der Waals surface area contributed by atoms with E-state index in [1.165, 1.54) is 0 Å². The van der Waals surface area contributed by atoms with Gasteiger partial charge in [0.25, 0.3) is 0 Å². The van der Waals surface area contributed by atoms with Crippen molar-refractivity contribution >= 4 is 11.6 Å². The average Bonchev–Trinajstić information content (AvgIpc) is 3.30. The first-order valence-corrected chi connectivity index (χ1v) is 8.62. The molecule has 1 aliphatic heterocycles. The molecule has 0 bridgehead atoms. The molecule has 0 amide bonds. The Kier molecular flexibility index (Phi) is 4.63. The SMILES string of the molecule is Clc1ccc(Oc2cncc(C3CCCN3Cc3cnc[nH]3)n2)cc1. The lowest BCUT2D eigenvalue weighted by molar-refractivity contribution is 0.240. The van der Waals surface area contributed by atoms with E-state index in [1.807, 2.05) is 24.5 Å². The van der Waals surface area contributed by atoms with Crippen LogP contribution in [0.1, 0.15) is 30.3 Å². The van der Waals surface area contributed by atoms with E-state index in [1.54, 1.807) is 24.7 Å². The van der Waals surface area contributed by atoms with E-state index in [4.69, 9.17) is 16.3 Å². The molecule has 0 aliphatic carbocycles. The Bertz CT molecular complexity index is 822. The van der Waals surface area contributed by atoms with Crippen LogP contribution in [0.3, 0.4) is 0 Å². The highest BCUT2D eigenvalue weighted by Gasteiger charge is 2.28. The predicted octanol–water partition coefficient (Wildman–Crippen LogP) is 3.98. The molecule has 1 fully saturated rings. The van der Waals surface area contributed by atoms with Crippen LogP contribution in [0, 0.1) is 0 Å². The summed E-state index contributed by atoms with van der Waals surface area (Å²) < 4.78 is 5.81. The van der Waals surface area contributed by atoms with Gasteiger partial charge in [-0.2, -0.15) is 0 Å². The molecule has 25 heavy (non-hydrogen) atoms. The molecule has 1 saturated heterocycles. The van der Waals surface area contributed by atoms with Gasteiger partial charge in [-0.3, -0.25) is 9.88 Å². The lowest BCUT2D eigenvalue weighted by Gasteiger charge is -2.23. The monoisotopic (exact) mass is 355 g/mol. The van der Waals surface area contributed by atoms with Crippen molar-refractivity contribution in [1.29, 1.82) is 0 Å². The number of hydrogen-bond donors (Lipinski definition) is 1. The summed E-state index contributed by atoms with van der Waals surface area (Å²) in [5.41, 5.74) is 2.04. The molecule has 1 aliphatic rings. The summed E-state index contributed by atoms with van der Waals surface area (Å²) in [6.45, 7) is 1.86. The second-order valence-corrected chi connectivity index (χ2v) is 6.48. The zero-order valence-corrected chi connectivity index (χ0v) is 14.4. The van der Waals surface area contributed by atoms with E-state index in [9.17, 15) is 0 Å². The Labute approximate surface area is 150 Å². The number of aromatic amines is 1. The molecule has 1 atom stereocenters. The summed E-state index contributed by atoms with van der Waals surface area (Å²) in [5.74, 6) is 1.19. The van der Waals surface area contributed by atoms with E-state index < -0.39 is 0 Å². The van der Waals surface area contributed by atoms with Crippen LogP contribution in [-0.2, 0) is 6.54 Å². The van der Waals surface area contributed by atoms with Gasteiger partial charge in [-0.1, -0.05) is 11.6 Å². The smallest absolute Gasteiger partial charge is 0.238 e. The van der Waals surface area contributed by atoms with E-state index in [-0.39, 0.29) is 6.04 Å². The lowest BCUT2D eigenvalue weighted by atomic mass is 10.1. The Balaban J connectivity index is 1.51. The number of nitrogens with zero attached hydrogens (tertiary/aromatic N) is 4. The van der Waals surface area contributed by atoms with Gasteiger partial charge in [0, 0.05) is 23.5 Å². The molecule has 128 valence electrons. The first-order chi connectivity index (χ1) is 12.3. The molecular formula is C18H18ClN5O. The number of ether oxygens (including phenoxy) is 1. The molecule has 1 unspecified atom stereocenters. The number of benzene rings is 1. The fourth-order valence-electron chi connectivity index (χ4n) is 3.14. The maximum absolute atomic E-state index is 5.90. The number of H-pyrrole nitrogens is 1. The quantitative estimate of drug-likeness (QED) is 0.749. The van der Waals surface area contributed by atoms with Crippen LogP contribution in [0.25, 0.3) is 0 Å². The molecule has 0 radical (unpaired) electrons. The summed E-state index contributed by atoms with van der Waals surface area (Å²) in [4.78, 5) is 18.6. The number of halogens is 1. The summed E-state index contributed by atoms with van der Waals surface area (Å²) in [5, 5.41) is 0.674. The largest absolute Gasteiger partial charge is 0.437 e. The van der Waals surface area contributed by atoms with Crippen molar-refractivity contribution in [3.8, 4) is 11.6 Å². The molecule has 4 rings (SSSR count). The second-order valence-electron chi connectivity index (χ2n) is 6.04. The van der Waals surface area contributed by atoms with Crippen molar-refractivity contribution in [2.75, 3.05) is 6.54 Å². The normalized spacial score (nSPS) is 17.7. The van der Waals surface area contributed by atoms with Crippen molar-refractivity contribution < 1.29 is 4.74 Å². The Morgan fingerprint density at radius 1 is 1.16 bits per heavy atom. The molecule has 3 heterocycles. The minimum atomic E-state index is 0.240. The molecule has 3 aromatic rings. The second kappa shape index (κ2) is 7.21. The van der Waals surface area contributed by atoms with Crippen LogP contribution in [-0.4, -0.2) is 31.4 Å². The van der Waals surface area contributed by atoms with Gasteiger partial charge in [-0.05, 0) is 43.7 Å². The van der Waals surface area contributed by atoms with Gasteiger partial charge in [-0.25, -0.2) is 9.97 Å². The van der Waals surface area contributed by atoms with Crippen molar-refractivity contribution in [2.24, 2.45) is 0 Å². The van der Waals surface area contributed by atoms with Gasteiger partial charge in [0.15, 0.2) is 0 Å². The van der Waals surface area contributed by atoms with Crippen molar-refractivity contribution in [2.45, 2.75) is 25.4 Å². The maximum Gasteiger partial charge on any atom is 0.238 e.